The number of anilines is 2. The number of nitrogens with one attached hydrogen (secondary N) is 1. The highest BCUT2D eigenvalue weighted by molar-refractivity contribution is 5.93. The Hall–Kier alpha value is -3.98. The fourth-order valence-electron chi connectivity index (χ4n) is 4.02. The molecule has 0 radical (unpaired) electrons. The summed E-state index contributed by atoms with van der Waals surface area (Å²) in [5, 5.41) is 18.3. The topological polar surface area (TPSA) is 102 Å². The van der Waals surface area contributed by atoms with Crippen molar-refractivity contribution in [1.82, 2.24) is 28.7 Å². The molecule has 0 aliphatic carbocycles. The molecule has 1 aromatic carbocycles. The van der Waals surface area contributed by atoms with Crippen molar-refractivity contribution in [1.29, 1.82) is 0 Å². The van der Waals surface area contributed by atoms with Crippen molar-refractivity contribution in [2.75, 3.05) is 5.32 Å². The molecular weight excluding hydrogens is 382 g/mol. The first-order valence-electron chi connectivity index (χ1n) is 9.55. The predicted molar refractivity (Wildman–Crippen MR) is 112 cm³/mol. The van der Waals surface area contributed by atoms with E-state index in [4.69, 9.17) is 0 Å². The van der Waals surface area contributed by atoms with E-state index in [9.17, 15) is 9.90 Å². The number of benzene rings is 1. The molecule has 6 rings (SSSR count). The Morgan fingerprint density at radius 1 is 1.17 bits per heavy atom. The van der Waals surface area contributed by atoms with Crippen LogP contribution in [-0.2, 0) is 13.6 Å². The predicted octanol–water partition coefficient (Wildman–Crippen LogP) is 2.24. The first-order chi connectivity index (χ1) is 14.6. The second kappa shape index (κ2) is 6.01. The zero-order valence-electron chi connectivity index (χ0n) is 16.0. The molecule has 0 saturated carbocycles. The van der Waals surface area contributed by atoms with Crippen LogP contribution in [0.3, 0.4) is 0 Å². The second-order valence-electron chi connectivity index (χ2n) is 7.36. The summed E-state index contributed by atoms with van der Waals surface area (Å²) in [6, 6.07) is 11.7. The lowest BCUT2D eigenvalue weighted by molar-refractivity contribution is 0.101. The molecule has 9 nitrogen and oxygen atoms in total. The fraction of sp³-hybridized carbons (Fsp3) is 0.143. The quantitative estimate of drug-likeness (QED) is 0.482. The first-order valence-corrected chi connectivity index (χ1v) is 9.55. The standard InChI is InChI=1S/C21H17N7O2/c1-26-18-13(9-22-26)20(30)28-11-15(29)19(28)17(18)24-16-7-8-27-10-14(23-21(27)25-16)12-5-3-2-4-6-12/h2-10,15,29H,11H2,1H3,(H,23,24,25). The van der Waals surface area contributed by atoms with Crippen LogP contribution in [0, 0.1) is 0 Å². The molecule has 1 atom stereocenters. The van der Waals surface area contributed by atoms with E-state index in [0.717, 1.165) is 11.3 Å². The van der Waals surface area contributed by atoms with Crippen LogP contribution >= 0.6 is 0 Å². The van der Waals surface area contributed by atoms with E-state index in [0.29, 0.717) is 33.9 Å². The Morgan fingerprint density at radius 3 is 2.80 bits per heavy atom. The van der Waals surface area contributed by atoms with E-state index in [1.54, 1.807) is 22.5 Å². The number of aliphatic hydroxyl groups excluding tert-OH is 1. The van der Waals surface area contributed by atoms with Gasteiger partial charge < -0.3 is 15.0 Å². The summed E-state index contributed by atoms with van der Waals surface area (Å²) in [5.41, 5.74) is 3.52. The van der Waals surface area contributed by atoms with Crippen molar-refractivity contribution in [3.63, 3.8) is 0 Å². The second-order valence-corrected chi connectivity index (χ2v) is 7.36. The van der Waals surface area contributed by atoms with Gasteiger partial charge in [0.1, 0.15) is 11.9 Å². The van der Waals surface area contributed by atoms with Gasteiger partial charge >= 0.3 is 0 Å². The highest BCUT2D eigenvalue weighted by Gasteiger charge is 2.32. The van der Waals surface area contributed by atoms with E-state index >= 15 is 0 Å². The van der Waals surface area contributed by atoms with Gasteiger partial charge in [0, 0.05) is 25.0 Å². The minimum Gasteiger partial charge on any atom is -0.385 e. The Kier molecular flexibility index (Phi) is 3.39. The summed E-state index contributed by atoms with van der Waals surface area (Å²) in [6.45, 7) is 0.279. The van der Waals surface area contributed by atoms with Crippen molar-refractivity contribution in [3.05, 3.63) is 71.0 Å². The maximum Gasteiger partial charge on any atom is 0.262 e. The van der Waals surface area contributed by atoms with Gasteiger partial charge in [0.05, 0.1) is 40.7 Å². The van der Waals surface area contributed by atoms with Crippen molar-refractivity contribution in [3.8, 4) is 11.3 Å². The number of aliphatic hydroxyl groups is 1. The van der Waals surface area contributed by atoms with Crippen LogP contribution in [0.1, 0.15) is 11.8 Å². The molecule has 0 bridgehead atoms. The molecule has 1 aliphatic rings. The van der Waals surface area contributed by atoms with Crippen molar-refractivity contribution >= 4 is 28.2 Å². The molecule has 148 valence electrons. The normalized spacial score (nSPS) is 15.3. The number of pyridine rings is 1. The molecule has 0 amide bonds. The Bertz CT molecular complexity index is 1500. The number of aromatic nitrogens is 6. The molecule has 30 heavy (non-hydrogen) atoms. The molecule has 5 aromatic rings. The lowest BCUT2D eigenvalue weighted by atomic mass is 10.0. The monoisotopic (exact) mass is 399 g/mol. The van der Waals surface area contributed by atoms with Crippen LogP contribution in [0.5, 0.6) is 0 Å². The van der Waals surface area contributed by atoms with Gasteiger partial charge in [-0.25, -0.2) is 4.98 Å². The molecule has 1 unspecified atom stereocenters. The summed E-state index contributed by atoms with van der Waals surface area (Å²) >= 11 is 0. The van der Waals surface area contributed by atoms with Crippen LogP contribution in [0.25, 0.3) is 27.9 Å². The highest BCUT2D eigenvalue weighted by Crippen LogP contribution is 2.37. The van der Waals surface area contributed by atoms with E-state index in [1.807, 2.05) is 53.2 Å². The van der Waals surface area contributed by atoms with E-state index in [-0.39, 0.29) is 12.1 Å². The van der Waals surface area contributed by atoms with Crippen LogP contribution in [0.15, 0.2) is 59.8 Å². The van der Waals surface area contributed by atoms with Crippen LogP contribution < -0.4 is 10.9 Å². The molecular formula is C21H17N7O2. The summed E-state index contributed by atoms with van der Waals surface area (Å²) < 4.78 is 5.06. The van der Waals surface area contributed by atoms with Crippen molar-refractivity contribution in [2.45, 2.75) is 12.6 Å². The Labute approximate surface area is 169 Å². The lowest BCUT2D eigenvalue weighted by Gasteiger charge is -2.31. The van der Waals surface area contributed by atoms with Gasteiger partial charge in [-0.1, -0.05) is 30.3 Å². The zero-order valence-corrected chi connectivity index (χ0v) is 16.0. The van der Waals surface area contributed by atoms with Gasteiger partial charge in [0.2, 0.25) is 5.78 Å². The molecule has 0 spiro atoms. The molecule has 0 saturated heterocycles. The van der Waals surface area contributed by atoms with Gasteiger partial charge in [-0.3, -0.25) is 13.9 Å². The molecule has 4 aromatic heterocycles. The smallest absolute Gasteiger partial charge is 0.262 e. The van der Waals surface area contributed by atoms with Gasteiger partial charge in [-0.15, -0.1) is 0 Å². The van der Waals surface area contributed by atoms with Gasteiger partial charge in [0.15, 0.2) is 0 Å². The van der Waals surface area contributed by atoms with E-state index in [1.165, 1.54) is 0 Å². The SMILES string of the molecule is Cn1ncc2c(=O)n3c(c(Nc4ccn5cc(-c6ccccc6)nc5n4)c21)C(O)C3. The van der Waals surface area contributed by atoms with Crippen LogP contribution in [-0.4, -0.2) is 33.8 Å². The third-order valence-electron chi connectivity index (χ3n) is 5.52. The van der Waals surface area contributed by atoms with E-state index in [2.05, 4.69) is 20.4 Å². The lowest BCUT2D eigenvalue weighted by Crippen LogP contribution is -2.37. The third-order valence-corrected chi connectivity index (χ3v) is 5.52. The largest absolute Gasteiger partial charge is 0.385 e. The average molecular weight is 399 g/mol. The number of rotatable bonds is 3. The van der Waals surface area contributed by atoms with Crippen LogP contribution in [0.2, 0.25) is 0 Å². The Morgan fingerprint density at radius 2 is 2.00 bits per heavy atom. The molecule has 2 N–H and O–H groups in total. The van der Waals surface area contributed by atoms with Crippen molar-refractivity contribution in [2.24, 2.45) is 7.05 Å². The minimum atomic E-state index is -0.709. The fourth-order valence-corrected chi connectivity index (χ4v) is 4.02. The summed E-state index contributed by atoms with van der Waals surface area (Å²) in [5.74, 6) is 1.11. The average Bonchev–Trinajstić information content (AvgIpc) is 3.34. The van der Waals surface area contributed by atoms with Gasteiger partial charge in [-0.2, -0.15) is 10.1 Å². The third kappa shape index (κ3) is 2.32. The molecule has 9 heteroatoms. The number of hydrogen-bond acceptors (Lipinski definition) is 6. The van der Waals surface area contributed by atoms with E-state index < -0.39 is 6.10 Å². The summed E-state index contributed by atoms with van der Waals surface area (Å²) in [6.07, 6.45) is 4.65. The van der Waals surface area contributed by atoms with Gasteiger partial charge in [-0.05, 0) is 6.07 Å². The Balaban J connectivity index is 1.47. The summed E-state index contributed by atoms with van der Waals surface area (Å²) in [7, 11) is 1.77. The molecule has 1 aliphatic heterocycles. The number of hydrogen-bond donors (Lipinski definition) is 2. The first kappa shape index (κ1) is 16.9. The number of imidazole rings is 1. The molecule has 5 heterocycles. The highest BCUT2D eigenvalue weighted by atomic mass is 16.3. The van der Waals surface area contributed by atoms with Crippen molar-refractivity contribution < 1.29 is 5.11 Å². The number of fused-ring (bicyclic) bond motifs is 3. The number of aryl methyl sites for hydroxylation is 1. The summed E-state index contributed by atoms with van der Waals surface area (Å²) in [4.78, 5) is 21.9. The minimum absolute atomic E-state index is 0.145. The van der Waals surface area contributed by atoms with Crippen LogP contribution in [0.4, 0.5) is 11.5 Å². The van der Waals surface area contributed by atoms with Gasteiger partial charge in [0.25, 0.3) is 5.56 Å². The molecule has 0 fully saturated rings. The maximum absolute atomic E-state index is 12.6. The maximum atomic E-state index is 12.6. The zero-order chi connectivity index (χ0) is 20.4. The number of nitrogens with zero attached hydrogens (tertiary/aromatic N) is 6.